The van der Waals surface area contributed by atoms with Crippen LogP contribution >= 0.6 is 0 Å². The van der Waals surface area contributed by atoms with E-state index in [1.807, 2.05) is 34.7 Å². The molecule has 0 atom stereocenters. The quantitative estimate of drug-likeness (QED) is 0.709. The zero-order chi connectivity index (χ0) is 17.1. The maximum absolute atomic E-state index is 5.61. The molecular formula is C18H17N7O. The van der Waals surface area contributed by atoms with Gasteiger partial charge < -0.3 is 4.52 Å². The first kappa shape index (κ1) is 14.1. The fourth-order valence-electron chi connectivity index (χ4n) is 4.14. The number of hydrogen-bond acceptors (Lipinski definition) is 7. The van der Waals surface area contributed by atoms with E-state index in [1.165, 1.54) is 12.8 Å². The molecule has 0 radical (unpaired) electrons. The summed E-state index contributed by atoms with van der Waals surface area (Å²) in [5, 5.41) is 8.18. The summed E-state index contributed by atoms with van der Waals surface area (Å²) in [4.78, 5) is 13.8. The summed E-state index contributed by atoms with van der Waals surface area (Å²) in [6, 6.07) is 8.68. The fraction of sp³-hybridized carbons (Fsp3) is 0.333. The van der Waals surface area contributed by atoms with Crippen molar-refractivity contribution in [1.29, 1.82) is 0 Å². The van der Waals surface area contributed by atoms with Crippen LogP contribution in [0.4, 0.5) is 11.8 Å². The van der Waals surface area contributed by atoms with Gasteiger partial charge in [0, 0.05) is 11.5 Å². The Hall–Kier alpha value is -3.16. The normalized spacial score (nSPS) is 18.7. The van der Waals surface area contributed by atoms with E-state index >= 15 is 0 Å². The molecule has 8 heteroatoms. The summed E-state index contributed by atoms with van der Waals surface area (Å²) in [5.41, 5.74) is 2.14. The number of aliphatic imine (C=N–C) groups is 1. The molecule has 3 aliphatic rings. The standard InChI is InChI=1S/C18H17N7O/c1-2-6-12(5-1)16-21-18(26-22-16)24-11-20-17-13-7-3-4-8-14(13)23-10-19-9-15(23)25(17)24/h3-4,7-10,12H,1-2,5-6,11H2. The van der Waals surface area contributed by atoms with Gasteiger partial charge in [0.2, 0.25) is 0 Å². The average Bonchev–Trinajstić information content (AvgIpc) is 3.47. The summed E-state index contributed by atoms with van der Waals surface area (Å²) in [5.74, 6) is 3.04. The third kappa shape index (κ3) is 1.84. The smallest absolute Gasteiger partial charge is 0.313 e. The largest absolute Gasteiger partial charge is 0.345 e. The van der Waals surface area contributed by atoms with Crippen molar-refractivity contribution >= 4 is 17.7 Å². The molecule has 2 aromatic heterocycles. The monoisotopic (exact) mass is 347 g/mol. The van der Waals surface area contributed by atoms with Crippen LogP contribution < -0.4 is 10.0 Å². The van der Waals surface area contributed by atoms with Crippen molar-refractivity contribution in [1.82, 2.24) is 19.7 Å². The third-order valence-electron chi connectivity index (χ3n) is 5.41. The second-order valence-corrected chi connectivity index (χ2v) is 6.89. The molecule has 2 aliphatic heterocycles. The van der Waals surface area contributed by atoms with Gasteiger partial charge in [-0.1, -0.05) is 30.1 Å². The topological polar surface area (TPSA) is 75.6 Å². The third-order valence-corrected chi connectivity index (χ3v) is 5.41. The zero-order valence-electron chi connectivity index (χ0n) is 14.1. The SMILES string of the molecule is c1ccc2c(c1)C1=NCN(c3nc(C4CCCC4)no3)N1c1cncn1-2. The molecule has 0 N–H and O–H groups in total. The highest BCUT2D eigenvalue weighted by Crippen LogP contribution is 2.37. The van der Waals surface area contributed by atoms with E-state index in [0.29, 0.717) is 18.6 Å². The number of aromatic nitrogens is 4. The van der Waals surface area contributed by atoms with Gasteiger partial charge in [-0.05, 0) is 25.0 Å². The molecule has 1 aromatic carbocycles. The van der Waals surface area contributed by atoms with Crippen LogP contribution in [0.1, 0.15) is 43.0 Å². The highest BCUT2D eigenvalue weighted by Gasteiger charge is 2.38. The molecular weight excluding hydrogens is 330 g/mol. The molecule has 0 bridgehead atoms. The summed E-state index contributed by atoms with van der Waals surface area (Å²) in [6.07, 6.45) is 8.42. The van der Waals surface area contributed by atoms with Crippen molar-refractivity contribution in [3.8, 4) is 5.69 Å². The number of para-hydroxylation sites is 1. The lowest BCUT2D eigenvalue weighted by Gasteiger charge is -2.32. The minimum atomic E-state index is 0.420. The highest BCUT2D eigenvalue weighted by atomic mass is 16.5. The van der Waals surface area contributed by atoms with E-state index < -0.39 is 0 Å². The number of benzene rings is 1. The van der Waals surface area contributed by atoms with Crippen molar-refractivity contribution < 1.29 is 4.52 Å². The van der Waals surface area contributed by atoms with Gasteiger partial charge in [0.1, 0.15) is 13.0 Å². The lowest BCUT2D eigenvalue weighted by atomic mass is 10.1. The van der Waals surface area contributed by atoms with Gasteiger partial charge in [-0.25, -0.2) is 20.0 Å². The zero-order valence-corrected chi connectivity index (χ0v) is 14.1. The molecule has 0 saturated heterocycles. The van der Waals surface area contributed by atoms with Gasteiger partial charge in [0.05, 0.1) is 11.9 Å². The summed E-state index contributed by atoms with van der Waals surface area (Å²) < 4.78 is 7.67. The molecule has 4 heterocycles. The molecule has 26 heavy (non-hydrogen) atoms. The number of rotatable bonds is 2. The Morgan fingerprint density at radius 3 is 2.92 bits per heavy atom. The van der Waals surface area contributed by atoms with E-state index in [1.54, 1.807) is 0 Å². The van der Waals surface area contributed by atoms with Crippen LogP contribution in [0.25, 0.3) is 5.69 Å². The fourth-order valence-corrected chi connectivity index (χ4v) is 4.14. The van der Waals surface area contributed by atoms with Gasteiger partial charge in [-0.3, -0.25) is 4.57 Å². The van der Waals surface area contributed by atoms with Gasteiger partial charge in [0.15, 0.2) is 17.5 Å². The predicted octanol–water partition coefficient (Wildman–Crippen LogP) is 2.87. The average molecular weight is 347 g/mol. The second-order valence-electron chi connectivity index (χ2n) is 6.89. The minimum absolute atomic E-state index is 0.420. The molecule has 8 nitrogen and oxygen atoms in total. The Labute approximate surface area is 149 Å². The van der Waals surface area contributed by atoms with Crippen LogP contribution in [0.3, 0.4) is 0 Å². The van der Waals surface area contributed by atoms with Gasteiger partial charge in [-0.15, -0.1) is 0 Å². The van der Waals surface area contributed by atoms with E-state index in [2.05, 4.69) is 31.8 Å². The summed E-state index contributed by atoms with van der Waals surface area (Å²) >= 11 is 0. The van der Waals surface area contributed by atoms with Crippen LogP contribution in [0.2, 0.25) is 0 Å². The van der Waals surface area contributed by atoms with Crippen LogP contribution in [0.5, 0.6) is 0 Å². The van der Waals surface area contributed by atoms with E-state index in [9.17, 15) is 0 Å². The minimum Gasteiger partial charge on any atom is -0.313 e. The lowest BCUT2D eigenvalue weighted by Crippen LogP contribution is -2.45. The van der Waals surface area contributed by atoms with E-state index in [4.69, 9.17) is 9.52 Å². The molecule has 0 spiro atoms. The maximum Gasteiger partial charge on any atom is 0.345 e. The highest BCUT2D eigenvalue weighted by molar-refractivity contribution is 6.16. The first-order valence-corrected chi connectivity index (χ1v) is 8.98. The Bertz CT molecular complexity index is 1010. The Balaban J connectivity index is 1.42. The number of hydrogen-bond donors (Lipinski definition) is 0. The summed E-state index contributed by atoms with van der Waals surface area (Å²) in [7, 11) is 0. The van der Waals surface area contributed by atoms with Crippen LogP contribution in [-0.2, 0) is 0 Å². The Kier molecular flexibility index (Phi) is 2.79. The number of anilines is 2. The number of nitrogens with zero attached hydrogens (tertiary/aromatic N) is 7. The van der Waals surface area contributed by atoms with Gasteiger partial charge in [0.25, 0.3) is 0 Å². The van der Waals surface area contributed by atoms with Crippen molar-refractivity contribution in [3.05, 3.63) is 48.2 Å². The van der Waals surface area contributed by atoms with Crippen molar-refractivity contribution in [2.24, 2.45) is 4.99 Å². The second kappa shape index (κ2) is 5.17. The van der Waals surface area contributed by atoms with Crippen molar-refractivity contribution in [2.45, 2.75) is 31.6 Å². The van der Waals surface area contributed by atoms with Crippen LogP contribution in [0, 0.1) is 0 Å². The Morgan fingerprint density at radius 1 is 1.12 bits per heavy atom. The molecule has 1 aliphatic carbocycles. The van der Waals surface area contributed by atoms with E-state index in [-0.39, 0.29) is 0 Å². The molecule has 1 fully saturated rings. The molecule has 3 aromatic rings. The maximum atomic E-state index is 5.61. The van der Waals surface area contributed by atoms with E-state index in [0.717, 1.165) is 41.6 Å². The predicted molar refractivity (Wildman–Crippen MR) is 95.4 cm³/mol. The summed E-state index contributed by atoms with van der Waals surface area (Å²) in [6.45, 7) is 0.446. The van der Waals surface area contributed by atoms with Gasteiger partial charge in [-0.2, -0.15) is 4.98 Å². The van der Waals surface area contributed by atoms with Crippen LogP contribution in [-0.4, -0.2) is 32.2 Å². The number of amidine groups is 1. The lowest BCUT2D eigenvalue weighted by molar-refractivity contribution is 0.403. The number of hydrazine groups is 1. The first-order chi connectivity index (χ1) is 12.9. The molecule has 6 rings (SSSR count). The molecule has 130 valence electrons. The Morgan fingerprint density at radius 2 is 2.00 bits per heavy atom. The van der Waals surface area contributed by atoms with Crippen molar-refractivity contribution in [3.63, 3.8) is 0 Å². The molecule has 1 saturated carbocycles. The first-order valence-electron chi connectivity index (χ1n) is 8.98. The molecule has 0 amide bonds. The van der Waals surface area contributed by atoms with Gasteiger partial charge >= 0.3 is 6.01 Å². The van der Waals surface area contributed by atoms with Crippen molar-refractivity contribution in [2.75, 3.05) is 16.7 Å². The van der Waals surface area contributed by atoms with Crippen LogP contribution in [0.15, 0.2) is 46.3 Å². The number of imidazole rings is 1. The molecule has 0 unspecified atom stereocenters. The number of fused-ring (bicyclic) bond motifs is 6.